The van der Waals surface area contributed by atoms with Crippen molar-refractivity contribution in [3.05, 3.63) is 36.5 Å². The molecule has 4 heteroatoms. The van der Waals surface area contributed by atoms with Gasteiger partial charge >= 0.3 is 0 Å². The van der Waals surface area contributed by atoms with Crippen LogP contribution in [-0.4, -0.2) is 17.2 Å². The van der Waals surface area contributed by atoms with Crippen molar-refractivity contribution in [3.63, 3.8) is 0 Å². The van der Waals surface area contributed by atoms with Crippen molar-refractivity contribution >= 4 is 5.69 Å². The fourth-order valence-corrected chi connectivity index (χ4v) is 1.48. The molecule has 0 fully saturated rings. The van der Waals surface area contributed by atoms with Gasteiger partial charge in [-0.25, -0.2) is 4.98 Å². The van der Waals surface area contributed by atoms with E-state index < -0.39 is 0 Å². The minimum absolute atomic E-state index is 0.222. The lowest BCUT2D eigenvalue weighted by atomic mass is 10.1. The largest absolute Gasteiger partial charge is 0.508 e. The number of pyridine rings is 1. The lowest BCUT2D eigenvalue weighted by molar-refractivity contribution is 0.400. The minimum atomic E-state index is 0.222. The average Bonchev–Trinajstić information content (AvgIpc) is 2.30. The Bertz CT molecular complexity index is 495. The molecule has 0 amide bonds. The van der Waals surface area contributed by atoms with E-state index in [4.69, 9.17) is 10.5 Å². The molecule has 0 unspecified atom stereocenters. The molecule has 0 bridgehead atoms. The van der Waals surface area contributed by atoms with Gasteiger partial charge in [-0.05, 0) is 23.8 Å². The number of aromatic nitrogens is 1. The summed E-state index contributed by atoms with van der Waals surface area (Å²) in [6.07, 6.45) is 1.54. The predicted molar refractivity (Wildman–Crippen MR) is 62.3 cm³/mol. The topological polar surface area (TPSA) is 68.4 Å². The van der Waals surface area contributed by atoms with E-state index >= 15 is 0 Å². The van der Waals surface area contributed by atoms with E-state index in [-0.39, 0.29) is 5.75 Å². The number of aromatic hydroxyl groups is 1. The summed E-state index contributed by atoms with van der Waals surface area (Å²) in [5.41, 5.74) is 7.96. The standard InChI is InChI=1S/C12H12N2O2/c1-16-12-11(6-9(13)7-14-12)8-2-4-10(15)5-3-8/h2-7,15H,13H2,1H3. The first-order valence-electron chi connectivity index (χ1n) is 4.79. The normalized spacial score (nSPS) is 10.1. The van der Waals surface area contributed by atoms with Gasteiger partial charge in [0.15, 0.2) is 0 Å². The lowest BCUT2D eigenvalue weighted by Crippen LogP contribution is -1.94. The molecule has 2 rings (SSSR count). The number of methoxy groups -OCH3 is 1. The molecule has 82 valence electrons. The van der Waals surface area contributed by atoms with E-state index in [0.29, 0.717) is 11.6 Å². The molecule has 0 saturated heterocycles. The van der Waals surface area contributed by atoms with Crippen LogP contribution in [-0.2, 0) is 0 Å². The zero-order valence-corrected chi connectivity index (χ0v) is 8.84. The molecule has 0 spiro atoms. The maximum Gasteiger partial charge on any atom is 0.221 e. The molecular formula is C12H12N2O2. The van der Waals surface area contributed by atoms with Crippen molar-refractivity contribution in [2.24, 2.45) is 0 Å². The van der Waals surface area contributed by atoms with Crippen LogP contribution in [0.5, 0.6) is 11.6 Å². The SMILES string of the molecule is COc1ncc(N)cc1-c1ccc(O)cc1. The molecule has 1 heterocycles. The third-order valence-electron chi connectivity index (χ3n) is 2.24. The second kappa shape index (κ2) is 4.10. The van der Waals surface area contributed by atoms with Crippen LogP contribution in [0.2, 0.25) is 0 Å². The highest BCUT2D eigenvalue weighted by Crippen LogP contribution is 2.30. The quantitative estimate of drug-likeness (QED) is 0.806. The third kappa shape index (κ3) is 1.91. The summed E-state index contributed by atoms with van der Waals surface area (Å²) in [6.45, 7) is 0. The van der Waals surface area contributed by atoms with E-state index in [1.807, 2.05) is 0 Å². The van der Waals surface area contributed by atoms with Crippen LogP contribution in [0.25, 0.3) is 11.1 Å². The first-order chi connectivity index (χ1) is 7.70. The summed E-state index contributed by atoms with van der Waals surface area (Å²) < 4.78 is 5.16. The summed E-state index contributed by atoms with van der Waals surface area (Å²) in [4.78, 5) is 4.09. The average molecular weight is 216 g/mol. The molecule has 16 heavy (non-hydrogen) atoms. The Morgan fingerprint density at radius 2 is 1.94 bits per heavy atom. The number of benzene rings is 1. The Hall–Kier alpha value is -2.23. The number of hydrogen-bond acceptors (Lipinski definition) is 4. The van der Waals surface area contributed by atoms with Gasteiger partial charge in [-0.3, -0.25) is 0 Å². The Morgan fingerprint density at radius 1 is 1.25 bits per heavy atom. The van der Waals surface area contributed by atoms with Crippen LogP contribution in [0, 0.1) is 0 Å². The summed E-state index contributed by atoms with van der Waals surface area (Å²) in [5, 5.41) is 9.21. The number of phenols is 1. The van der Waals surface area contributed by atoms with Crippen LogP contribution in [0.3, 0.4) is 0 Å². The summed E-state index contributed by atoms with van der Waals surface area (Å²) in [6, 6.07) is 8.58. The number of ether oxygens (including phenoxy) is 1. The lowest BCUT2D eigenvalue weighted by Gasteiger charge is -2.08. The van der Waals surface area contributed by atoms with E-state index in [0.717, 1.165) is 11.1 Å². The van der Waals surface area contributed by atoms with Gasteiger partial charge in [0.2, 0.25) is 5.88 Å². The van der Waals surface area contributed by atoms with E-state index in [1.54, 1.807) is 43.6 Å². The van der Waals surface area contributed by atoms with E-state index in [9.17, 15) is 5.11 Å². The van der Waals surface area contributed by atoms with E-state index in [2.05, 4.69) is 4.98 Å². The van der Waals surface area contributed by atoms with Gasteiger partial charge in [0.1, 0.15) is 5.75 Å². The highest BCUT2D eigenvalue weighted by molar-refractivity contribution is 5.72. The fourth-order valence-electron chi connectivity index (χ4n) is 1.48. The maximum atomic E-state index is 9.21. The van der Waals surface area contributed by atoms with Crippen LogP contribution in [0.4, 0.5) is 5.69 Å². The van der Waals surface area contributed by atoms with Gasteiger partial charge in [0.05, 0.1) is 19.0 Å². The Labute approximate surface area is 93.3 Å². The molecule has 0 aliphatic carbocycles. The van der Waals surface area contributed by atoms with Crippen molar-refractivity contribution in [1.29, 1.82) is 0 Å². The number of nitrogen functional groups attached to an aromatic ring is 1. The van der Waals surface area contributed by atoms with Crippen molar-refractivity contribution in [3.8, 4) is 22.8 Å². The second-order valence-corrected chi connectivity index (χ2v) is 3.37. The molecule has 1 aromatic carbocycles. The Balaban J connectivity index is 2.53. The molecule has 0 aliphatic rings. The molecule has 1 aromatic heterocycles. The number of nitrogens with zero attached hydrogens (tertiary/aromatic N) is 1. The molecule has 4 nitrogen and oxygen atoms in total. The predicted octanol–water partition coefficient (Wildman–Crippen LogP) is 2.04. The van der Waals surface area contributed by atoms with Gasteiger partial charge in [0, 0.05) is 5.56 Å². The monoisotopic (exact) mass is 216 g/mol. The van der Waals surface area contributed by atoms with Gasteiger partial charge in [0.25, 0.3) is 0 Å². The minimum Gasteiger partial charge on any atom is -0.508 e. The number of rotatable bonds is 2. The smallest absolute Gasteiger partial charge is 0.221 e. The van der Waals surface area contributed by atoms with Crippen LogP contribution in [0.15, 0.2) is 36.5 Å². The number of nitrogens with two attached hydrogens (primary N) is 1. The van der Waals surface area contributed by atoms with Crippen LogP contribution in [0.1, 0.15) is 0 Å². The van der Waals surface area contributed by atoms with Gasteiger partial charge in [-0.2, -0.15) is 0 Å². The maximum absolute atomic E-state index is 9.21. The van der Waals surface area contributed by atoms with Gasteiger partial charge < -0.3 is 15.6 Å². The van der Waals surface area contributed by atoms with Crippen LogP contribution >= 0.6 is 0 Å². The first-order valence-corrected chi connectivity index (χ1v) is 4.79. The summed E-state index contributed by atoms with van der Waals surface area (Å²) in [7, 11) is 1.56. The third-order valence-corrected chi connectivity index (χ3v) is 2.24. The van der Waals surface area contributed by atoms with Crippen molar-refractivity contribution in [2.75, 3.05) is 12.8 Å². The van der Waals surface area contributed by atoms with Crippen molar-refractivity contribution < 1.29 is 9.84 Å². The molecular weight excluding hydrogens is 204 g/mol. The highest BCUT2D eigenvalue weighted by atomic mass is 16.5. The molecule has 0 atom stereocenters. The Morgan fingerprint density at radius 3 is 2.56 bits per heavy atom. The van der Waals surface area contributed by atoms with E-state index in [1.165, 1.54) is 0 Å². The zero-order valence-electron chi connectivity index (χ0n) is 8.84. The molecule has 3 N–H and O–H groups in total. The zero-order chi connectivity index (χ0) is 11.5. The highest BCUT2D eigenvalue weighted by Gasteiger charge is 2.07. The Kier molecular flexibility index (Phi) is 2.64. The molecule has 0 aliphatic heterocycles. The number of anilines is 1. The molecule has 0 saturated carbocycles. The van der Waals surface area contributed by atoms with Crippen LogP contribution < -0.4 is 10.5 Å². The van der Waals surface area contributed by atoms with Gasteiger partial charge in [-0.15, -0.1) is 0 Å². The number of phenolic OH excluding ortho intramolecular Hbond substituents is 1. The van der Waals surface area contributed by atoms with Crippen molar-refractivity contribution in [2.45, 2.75) is 0 Å². The first kappa shape index (κ1) is 10.3. The summed E-state index contributed by atoms with van der Waals surface area (Å²) >= 11 is 0. The fraction of sp³-hybridized carbons (Fsp3) is 0.0833. The second-order valence-electron chi connectivity index (χ2n) is 3.37. The summed E-state index contributed by atoms with van der Waals surface area (Å²) in [5.74, 6) is 0.736. The number of hydrogen-bond donors (Lipinski definition) is 2. The van der Waals surface area contributed by atoms with Gasteiger partial charge in [-0.1, -0.05) is 12.1 Å². The van der Waals surface area contributed by atoms with Crippen molar-refractivity contribution in [1.82, 2.24) is 4.98 Å². The molecule has 2 aromatic rings. The molecule has 0 radical (unpaired) electrons.